The minimum Gasteiger partial charge on any atom is -0.310 e. The first-order valence-electron chi connectivity index (χ1n) is 5.92. The fourth-order valence-electron chi connectivity index (χ4n) is 1.75. The number of carbonyl (C=O) groups excluding carboxylic acids is 1. The van der Waals surface area contributed by atoms with E-state index in [1.807, 2.05) is 26.0 Å². The molecule has 2 aromatic rings. The second-order valence-electron chi connectivity index (χ2n) is 4.08. The molecular formula is C13H16N4O. The number of aryl methyl sites for hydroxylation is 2. The Kier molecular flexibility index (Phi) is 3.72. The Bertz CT molecular complexity index is 533. The quantitative estimate of drug-likeness (QED) is 0.892. The topological polar surface area (TPSA) is 59.8 Å². The number of hydrogen-bond donors (Lipinski definition) is 1. The molecule has 0 fully saturated rings. The summed E-state index contributed by atoms with van der Waals surface area (Å²) < 4.78 is 1.77. The van der Waals surface area contributed by atoms with E-state index in [0.717, 1.165) is 23.5 Å². The van der Waals surface area contributed by atoms with Gasteiger partial charge >= 0.3 is 0 Å². The van der Waals surface area contributed by atoms with Crippen LogP contribution in [0.25, 0.3) is 0 Å². The van der Waals surface area contributed by atoms with E-state index in [-0.39, 0.29) is 5.91 Å². The van der Waals surface area contributed by atoms with E-state index >= 15 is 0 Å². The lowest BCUT2D eigenvalue weighted by Crippen LogP contribution is -2.18. The standard InChI is InChI=1S/C13H16N4O/c1-3-17-13(10(2)8-15-17)16-12(18)7-11-5-4-6-14-9-11/h4-6,8-9H,3,7H2,1-2H3,(H,16,18). The first-order valence-corrected chi connectivity index (χ1v) is 5.92. The zero-order valence-corrected chi connectivity index (χ0v) is 10.6. The van der Waals surface area contributed by atoms with Gasteiger partial charge in [0, 0.05) is 24.5 Å². The van der Waals surface area contributed by atoms with Crippen LogP contribution >= 0.6 is 0 Å². The Morgan fingerprint density at radius 1 is 1.44 bits per heavy atom. The fraction of sp³-hybridized carbons (Fsp3) is 0.308. The molecule has 0 aliphatic carbocycles. The third kappa shape index (κ3) is 2.74. The number of carbonyl (C=O) groups is 1. The molecule has 0 unspecified atom stereocenters. The zero-order chi connectivity index (χ0) is 13.0. The second-order valence-corrected chi connectivity index (χ2v) is 4.08. The maximum atomic E-state index is 11.9. The summed E-state index contributed by atoms with van der Waals surface area (Å²) in [6, 6.07) is 3.71. The lowest BCUT2D eigenvalue weighted by atomic mass is 10.2. The minimum absolute atomic E-state index is 0.0544. The van der Waals surface area contributed by atoms with Gasteiger partial charge in [0.25, 0.3) is 0 Å². The second kappa shape index (κ2) is 5.44. The number of amides is 1. The van der Waals surface area contributed by atoms with Crippen molar-refractivity contribution < 1.29 is 4.79 Å². The maximum Gasteiger partial charge on any atom is 0.230 e. The Labute approximate surface area is 106 Å². The lowest BCUT2D eigenvalue weighted by molar-refractivity contribution is -0.115. The van der Waals surface area contributed by atoms with Crippen LogP contribution in [0.15, 0.2) is 30.7 Å². The summed E-state index contributed by atoms with van der Waals surface area (Å²) in [5.74, 6) is 0.715. The first kappa shape index (κ1) is 12.3. The molecule has 0 saturated heterocycles. The smallest absolute Gasteiger partial charge is 0.230 e. The van der Waals surface area contributed by atoms with Crippen molar-refractivity contribution >= 4 is 11.7 Å². The largest absolute Gasteiger partial charge is 0.310 e. The molecule has 2 aromatic heterocycles. The predicted octanol–water partition coefficient (Wildman–Crippen LogP) is 1.79. The summed E-state index contributed by atoms with van der Waals surface area (Å²) in [5.41, 5.74) is 1.87. The van der Waals surface area contributed by atoms with Gasteiger partial charge in [-0.1, -0.05) is 6.07 Å². The molecule has 0 bridgehead atoms. The monoisotopic (exact) mass is 244 g/mol. The van der Waals surface area contributed by atoms with E-state index in [2.05, 4.69) is 15.4 Å². The van der Waals surface area contributed by atoms with E-state index in [0.29, 0.717) is 6.42 Å². The Hall–Kier alpha value is -2.17. The normalized spacial score (nSPS) is 10.3. The van der Waals surface area contributed by atoms with Crippen LogP contribution in [-0.4, -0.2) is 20.7 Å². The number of hydrogen-bond acceptors (Lipinski definition) is 3. The molecule has 18 heavy (non-hydrogen) atoms. The van der Waals surface area contributed by atoms with E-state index in [9.17, 15) is 4.79 Å². The molecule has 5 heteroatoms. The SMILES string of the molecule is CCn1ncc(C)c1NC(=O)Cc1cccnc1. The molecule has 0 aliphatic heterocycles. The summed E-state index contributed by atoms with van der Waals surface area (Å²) in [6.45, 7) is 4.65. The fourth-order valence-corrected chi connectivity index (χ4v) is 1.75. The van der Waals surface area contributed by atoms with Crippen molar-refractivity contribution in [3.63, 3.8) is 0 Å². The molecule has 2 heterocycles. The summed E-state index contributed by atoms with van der Waals surface area (Å²) in [7, 11) is 0. The van der Waals surface area contributed by atoms with Crippen molar-refractivity contribution in [2.75, 3.05) is 5.32 Å². The van der Waals surface area contributed by atoms with Crippen LogP contribution in [0.5, 0.6) is 0 Å². The van der Waals surface area contributed by atoms with Crippen molar-refractivity contribution in [1.29, 1.82) is 0 Å². The number of pyridine rings is 1. The third-order valence-corrected chi connectivity index (χ3v) is 2.67. The van der Waals surface area contributed by atoms with E-state index in [1.54, 1.807) is 23.3 Å². The highest BCUT2D eigenvalue weighted by Gasteiger charge is 2.10. The Morgan fingerprint density at radius 2 is 2.28 bits per heavy atom. The number of aromatic nitrogens is 3. The Morgan fingerprint density at radius 3 is 2.94 bits per heavy atom. The molecule has 1 N–H and O–H groups in total. The molecule has 94 valence electrons. The summed E-state index contributed by atoms with van der Waals surface area (Å²) >= 11 is 0. The molecule has 0 saturated carbocycles. The third-order valence-electron chi connectivity index (χ3n) is 2.67. The van der Waals surface area contributed by atoms with E-state index in [1.165, 1.54) is 0 Å². The zero-order valence-electron chi connectivity index (χ0n) is 10.6. The number of anilines is 1. The molecule has 0 spiro atoms. The molecule has 5 nitrogen and oxygen atoms in total. The highest BCUT2D eigenvalue weighted by atomic mass is 16.1. The molecule has 0 aromatic carbocycles. The lowest BCUT2D eigenvalue weighted by Gasteiger charge is -2.08. The van der Waals surface area contributed by atoms with Crippen LogP contribution in [0.2, 0.25) is 0 Å². The summed E-state index contributed by atoms with van der Waals surface area (Å²) in [4.78, 5) is 15.9. The van der Waals surface area contributed by atoms with Gasteiger partial charge in [0.1, 0.15) is 5.82 Å². The van der Waals surface area contributed by atoms with Gasteiger partial charge in [-0.3, -0.25) is 9.78 Å². The van der Waals surface area contributed by atoms with Gasteiger partial charge in [-0.05, 0) is 25.5 Å². The van der Waals surface area contributed by atoms with Crippen LogP contribution in [0.1, 0.15) is 18.1 Å². The van der Waals surface area contributed by atoms with Crippen molar-refractivity contribution in [2.24, 2.45) is 0 Å². The predicted molar refractivity (Wildman–Crippen MR) is 69.2 cm³/mol. The highest BCUT2D eigenvalue weighted by Crippen LogP contribution is 2.14. The van der Waals surface area contributed by atoms with Crippen LogP contribution < -0.4 is 5.32 Å². The first-order chi connectivity index (χ1) is 8.70. The molecular weight excluding hydrogens is 228 g/mol. The van der Waals surface area contributed by atoms with Crippen LogP contribution in [0.4, 0.5) is 5.82 Å². The average molecular weight is 244 g/mol. The van der Waals surface area contributed by atoms with Gasteiger partial charge in [0.2, 0.25) is 5.91 Å². The molecule has 2 rings (SSSR count). The molecule has 0 aliphatic rings. The maximum absolute atomic E-state index is 11.9. The van der Waals surface area contributed by atoms with Crippen molar-refractivity contribution in [1.82, 2.24) is 14.8 Å². The van der Waals surface area contributed by atoms with Gasteiger partial charge in [-0.25, -0.2) is 4.68 Å². The van der Waals surface area contributed by atoms with Crippen molar-refractivity contribution in [2.45, 2.75) is 26.8 Å². The molecule has 1 amide bonds. The van der Waals surface area contributed by atoms with Gasteiger partial charge in [0.15, 0.2) is 0 Å². The van der Waals surface area contributed by atoms with E-state index in [4.69, 9.17) is 0 Å². The van der Waals surface area contributed by atoms with Gasteiger partial charge < -0.3 is 5.32 Å². The van der Waals surface area contributed by atoms with Crippen LogP contribution in [0.3, 0.4) is 0 Å². The van der Waals surface area contributed by atoms with Crippen molar-refractivity contribution in [3.8, 4) is 0 Å². The minimum atomic E-state index is -0.0544. The Balaban J connectivity index is 2.05. The van der Waals surface area contributed by atoms with Gasteiger partial charge in [-0.15, -0.1) is 0 Å². The number of rotatable bonds is 4. The van der Waals surface area contributed by atoms with Crippen molar-refractivity contribution in [3.05, 3.63) is 41.9 Å². The van der Waals surface area contributed by atoms with Crippen LogP contribution in [-0.2, 0) is 17.8 Å². The molecule has 0 atom stereocenters. The average Bonchev–Trinajstić information content (AvgIpc) is 2.72. The molecule has 0 radical (unpaired) electrons. The van der Waals surface area contributed by atoms with Gasteiger partial charge in [-0.2, -0.15) is 5.10 Å². The van der Waals surface area contributed by atoms with Gasteiger partial charge in [0.05, 0.1) is 12.6 Å². The van der Waals surface area contributed by atoms with Crippen LogP contribution in [0, 0.1) is 6.92 Å². The number of nitrogens with one attached hydrogen (secondary N) is 1. The van der Waals surface area contributed by atoms with E-state index < -0.39 is 0 Å². The summed E-state index contributed by atoms with van der Waals surface area (Å²) in [5, 5.41) is 7.08. The number of nitrogens with zero attached hydrogens (tertiary/aromatic N) is 3. The highest BCUT2D eigenvalue weighted by molar-refractivity contribution is 5.92. The summed E-state index contributed by atoms with van der Waals surface area (Å²) in [6.07, 6.45) is 5.46.